The number of nitrogens with one attached hydrogen (secondary N) is 2. The molecule has 8 heteroatoms. The molecule has 0 radical (unpaired) electrons. The highest BCUT2D eigenvalue weighted by atomic mass is 19.3. The molecule has 2 aliphatic rings. The van der Waals surface area contributed by atoms with Gasteiger partial charge in [0, 0.05) is 59.2 Å². The Labute approximate surface area is 271 Å². The maximum absolute atomic E-state index is 15.9. The summed E-state index contributed by atoms with van der Waals surface area (Å²) in [5, 5.41) is 5.59. The summed E-state index contributed by atoms with van der Waals surface area (Å²) in [5.41, 5.74) is 3.00. The smallest absolute Gasteiger partial charge is 0.275 e. The van der Waals surface area contributed by atoms with Gasteiger partial charge in [0.2, 0.25) is 5.91 Å². The van der Waals surface area contributed by atoms with Crippen molar-refractivity contribution < 1.29 is 23.2 Å². The molecule has 6 nitrogen and oxygen atoms in total. The molecule has 1 aliphatic heterocycles. The number of para-hydroxylation sites is 2. The molecule has 1 unspecified atom stereocenters. The van der Waals surface area contributed by atoms with Gasteiger partial charge in [-0.2, -0.15) is 0 Å². The van der Waals surface area contributed by atoms with E-state index in [1.807, 2.05) is 42.5 Å². The zero-order valence-corrected chi connectivity index (χ0v) is 25.3. The fourth-order valence-corrected chi connectivity index (χ4v) is 5.96. The highest BCUT2D eigenvalue weighted by Gasteiger charge is 2.42. The predicted octanol–water partition coefficient (Wildman–Crippen LogP) is 7.02. The highest BCUT2D eigenvalue weighted by Crippen LogP contribution is 2.45. The Morgan fingerprint density at radius 2 is 1.51 bits per heavy atom. The molecule has 4 aromatic carbocycles. The van der Waals surface area contributed by atoms with Crippen LogP contribution < -0.4 is 15.5 Å². The average molecular weight is 628 g/mol. The summed E-state index contributed by atoms with van der Waals surface area (Å²) >= 11 is 0. The van der Waals surface area contributed by atoms with Gasteiger partial charge < -0.3 is 15.5 Å². The Morgan fingerprint density at radius 1 is 0.872 bits per heavy atom. The minimum atomic E-state index is -3.35. The summed E-state index contributed by atoms with van der Waals surface area (Å²) in [7, 11) is 0. The van der Waals surface area contributed by atoms with Crippen LogP contribution in [0.5, 0.6) is 0 Å². The van der Waals surface area contributed by atoms with Crippen molar-refractivity contribution >= 4 is 40.3 Å². The van der Waals surface area contributed by atoms with Crippen molar-refractivity contribution in [3.8, 4) is 0 Å². The van der Waals surface area contributed by atoms with E-state index in [1.54, 1.807) is 89.8 Å². The molecular weight excluding hydrogens is 596 g/mol. The molecule has 0 bridgehead atoms. The summed E-state index contributed by atoms with van der Waals surface area (Å²) in [4.78, 5) is 41.1. The molecule has 2 N–H and O–H groups in total. The largest absolute Gasteiger partial charge is 0.359 e. The maximum atomic E-state index is 15.9. The Hall–Kier alpha value is -5.85. The third-order valence-electron chi connectivity index (χ3n) is 8.21. The summed E-state index contributed by atoms with van der Waals surface area (Å²) in [6, 6.07) is 33.0. The number of carbonyl (C=O) groups excluding carboxylic acids is 3. The van der Waals surface area contributed by atoms with Crippen molar-refractivity contribution in [2.24, 2.45) is 0 Å². The number of hydrogen-bond donors (Lipinski definition) is 2. The van der Waals surface area contributed by atoms with Crippen molar-refractivity contribution in [1.29, 1.82) is 0 Å². The van der Waals surface area contributed by atoms with Crippen LogP contribution in [-0.4, -0.2) is 36.3 Å². The Morgan fingerprint density at radius 3 is 2.21 bits per heavy atom. The van der Waals surface area contributed by atoms with Crippen LogP contribution in [0, 0.1) is 0 Å². The first kappa shape index (κ1) is 31.1. The van der Waals surface area contributed by atoms with Crippen molar-refractivity contribution in [3.05, 3.63) is 161 Å². The highest BCUT2D eigenvalue weighted by molar-refractivity contribution is 6.15. The van der Waals surface area contributed by atoms with Gasteiger partial charge in [0.1, 0.15) is 5.94 Å². The maximum Gasteiger partial charge on any atom is 0.275 e. The van der Waals surface area contributed by atoms with Crippen molar-refractivity contribution in [2.75, 3.05) is 16.8 Å². The SMILES string of the molecule is O=C=C1C(c2ccccc2)=C(C(=O)Nc2ccccc2)C=CC1N1CCC(F)(F)C(=CC(=O)NCc2ccccc2)c2ccccc21. The summed E-state index contributed by atoms with van der Waals surface area (Å²) in [6.45, 7) is 0.0543. The van der Waals surface area contributed by atoms with E-state index in [4.69, 9.17) is 0 Å². The third-order valence-corrected chi connectivity index (χ3v) is 8.21. The summed E-state index contributed by atoms with van der Waals surface area (Å²) < 4.78 is 31.9. The van der Waals surface area contributed by atoms with Crippen LogP contribution in [0.1, 0.15) is 23.1 Å². The van der Waals surface area contributed by atoms with Gasteiger partial charge in [-0.25, -0.2) is 13.6 Å². The molecule has 6 rings (SSSR count). The van der Waals surface area contributed by atoms with Gasteiger partial charge in [0.05, 0.1) is 11.6 Å². The normalized spacial score (nSPS) is 17.8. The van der Waals surface area contributed by atoms with Gasteiger partial charge >= 0.3 is 0 Å². The van der Waals surface area contributed by atoms with Gasteiger partial charge in [0.15, 0.2) is 0 Å². The third kappa shape index (κ3) is 6.73. The van der Waals surface area contributed by atoms with E-state index in [-0.39, 0.29) is 29.8 Å². The van der Waals surface area contributed by atoms with Crippen molar-refractivity contribution in [2.45, 2.75) is 24.9 Å². The standard InChI is InChI=1S/C39H31F2N3O3/c40-39(41)22-23-44(34-19-11-10-18-30(34)33(39)24-36(46)42-25-27-12-4-1-5-13-27)35-21-20-31(38(47)43-29-16-8-3-9-17-29)37(32(35)26-45)28-14-6-2-7-15-28/h1-21,24,35H,22-23,25H2,(H,42,46)(H,43,47). The quantitative estimate of drug-likeness (QED) is 0.171. The van der Waals surface area contributed by atoms with Crippen molar-refractivity contribution in [1.82, 2.24) is 5.32 Å². The van der Waals surface area contributed by atoms with Crippen LogP contribution in [0.25, 0.3) is 11.1 Å². The number of rotatable bonds is 7. The van der Waals surface area contributed by atoms with E-state index in [1.165, 1.54) is 0 Å². The number of benzene rings is 4. The van der Waals surface area contributed by atoms with E-state index < -0.39 is 35.8 Å². The number of nitrogens with zero attached hydrogens (tertiary/aromatic N) is 1. The molecule has 0 aromatic heterocycles. The van der Waals surface area contributed by atoms with Gasteiger partial charge in [-0.1, -0.05) is 109 Å². The number of anilines is 2. The lowest BCUT2D eigenvalue weighted by Crippen LogP contribution is -2.39. The molecule has 0 spiro atoms. The lowest BCUT2D eigenvalue weighted by Gasteiger charge is -2.35. The Bertz CT molecular complexity index is 1930. The molecule has 1 heterocycles. The van der Waals surface area contributed by atoms with E-state index in [0.29, 0.717) is 22.5 Å². The minimum absolute atomic E-state index is 0.138. The topological polar surface area (TPSA) is 78.5 Å². The van der Waals surface area contributed by atoms with Crippen LogP contribution in [0.3, 0.4) is 0 Å². The number of halogens is 2. The van der Waals surface area contributed by atoms with Crippen LogP contribution in [0.15, 0.2) is 145 Å². The van der Waals surface area contributed by atoms with Gasteiger partial charge in [-0.15, -0.1) is 0 Å². The fraction of sp³-hybridized carbons (Fsp3) is 0.128. The van der Waals surface area contributed by atoms with Crippen LogP contribution >= 0.6 is 0 Å². The molecule has 0 fully saturated rings. The molecule has 47 heavy (non-hydrogen) atoms. The molecule has 1 aliphatic carbocycles. The number of carbonyl (C=O) groups is 2. The monoisotopic (exact) mass is 627 g/mol. The first-order valence-electron chi connectivity index (χ1n) is 15.2. The first-order chi connectivity index (χ1) is 22.9. The number of fused-ring (bicyclic) bond motifs is 1. The lowest BCUT2D eigenvalue weighted by molar-refractivity contribution is -0.116. The van der Waals surface area contributed by atoms with E-state index in [9.17, 15) is 14.4 Å². The number of hydrogen-bond acceptors (Lipinski definition) is 4. The predicted molar refractivity (Wildman–Crippen MR) is 180 cm³/mol. The zero-order valence-electron chi connectivity index (χ0n) is 25.3. The lowest BCUT2D eigenvalue weighted by atomic mass is 9.84. The second-order valence-corrected chi connectivity index (χ2v) is 11.2. The zero-order chi connectivity index (χ0) is 32.8. The molecule has 0 saturated carbocycles. The number of allylic oxidation sites excluding steroid dienone is 1. The van der Waals surface area contributed by atoms with Gasteiger partial charge in [-0.3, -0.25) is 9.59 Å². The Kier molecular flexibility index (Phi) is 9.04. The van der Waals surface area contributed by atoms with E-state index in [0.717, 1.165) is 11.6 Å². The van der Waals surface area contributed by atoms with E-state index >= 15 is 8.78 Å². The van der Waals surface area contributed by atoms with Crippen LogP contribution in [0.2, 0.25) is 0 Å². The molecule has 2 amide bonds. The summed E-state index contributed by atoms with van der Waals surface area (Å²) in [6.07, 6.45) is 3.66. The molecule has 4 aromatic rings. The van der Waals surface area contributed by atoms with Gasteiger partial charge in [-0.05, 0) is 29.3 Å². The molecule has 1 atom stereocenters. The minimum Gasteiger partial charge on any atom is -0.359 e. The molecule has 234 valence electrons. The fourth-order valence-electron chi connectivity index (χ4n) is 5.96. The number of alkyl halides is 2. The van der Waals surface area contributed by atoms with Crippen molar-refractivity contribution in [3.63, 3.8) is 0 Å². The summed E-state index contributed by atoms with van der Waals surface area (Å²) in [5.74, 6) is -2.35. The molecule has 0 saturated heterocycles. The first-order valence-corrected chi connectivity index (χ1v) is 15.2. The second-order valence-electron chi connectivity index (χ2n) is 11.2. The van der Waals surface area contributed by atoms with Crippen LogP contribution in [-0.2, 0) is 20.9 Å². The van der Waals surface area contributed by atoms with E-state index in [2.05, 4.69) is 16.6 Å². The second kappa shape index (κ2) is 13.6. The van der Waals surface area contributed by atoms with Crippen LogP contribution in [0.4, 0.5) is 20.2 Å². The Balaban J connectivity index is 1.38. The average Bonchev–Trinajstić information content (AvgIpc) is 3.21. The molecular formula is C39H31F2N3O3. The number of amides is 2. The van der Waals surface area contributed by atoms with Gasteiger partial charge in [0.25, 0.3) is 11.8 Å².